The maximum Gasteiger partial charge on any atom is 0.229 e. The van der Waals surface area contributed by atoms with Gasteiger partial charge < -0.3 is 4.42 Å². The number of furan rings is 1. The molecule has 24 heavy (non-hydrogen) atoms. The predicted molar refractivity (Wildman–Crippen MR) is 89.3 cm³/mol. The van der Waals surface area contributed by atoms with Gasteiger partial charge in [0, 0.05) is 16.6 Å². The summed E-state index contributed by atoms with van der Waals surface area (Å²) in [5.74, 6) is -0.335. The number of hydrogen-bond acceptors (Lipinski definition) is 4. The van der Waals surface area contributed by atoms with Crippen LogP contribution in [0.25, 0.3) is 11.0 Å². The van der Waals surface area contributed by atoms with E-state index in [0.717, 1.165) is 6.26 Å². The molecule has 3 aromatic rings. The van der Waals surface area contributed by atoms with Crippen molar-refractivity contribution in [1.29, 1.82) is 0 Å². The maximum absolute atomic E-state index is 13.0. The quantitative estimate of drug-likeness (QED) is 0.733. The van der Waals surface area contributed by atoms with Crippen molar-refractivity contribution in [3.05, 3.63) is 65.2 Å². The van der Waals surface area contributed by atoms with Gasteiger partial charge in [0.15, 0.2) is 5.78 Å². The molecule has 0 fully saturated rings. The first-order valence-corrected chi connectivity index (χ1v) is 8.95. The van der Waals surface area contributed by atoms with Crippen LogP contribution in [0.2, 0.25) is 0 Å². The fourth-order valence-electron chi connectivity index (χ4n) is 2.53. The second-order valence-electron chi connectivity index (χ2n) is 5.45. The summed E-state index contributed by atoms with van der Waals surface area (Å²) >= 11 is 0. The fraction of sp³-hybridized carbons (Fsp3) is 0.118. The lowest BCUT2D eigenvalue weighted by molar-refractivity contribution is 0.103. The van der Waals surface area contributed by atoms with Crippen LogP contribution in [0.3, 0.4) is 0 Å². The number of rotatable bonds is 4. The van der Waals surface area contributed by atoms with E-state index in [1.807, 2.05) is 0 Å². The van der Waals surface area contributed by atoms with E-state index < -0.39 is 15.8 Å². The number of fused-ring (bicyclic) bond motifs is 1. The van der Waals surface area contributed by atoms with Gasteiger partial charge in [-0.05, 0) is 49.4 Å². The largest absolute Gasteiger partial charge is 0.461 e. The van der Waals surface area contributed by atoms with Crippen LogP contribution in [0, 0.1) is 12.7 Å². The minimum absolute atomic E-state index is 0.317. The third-order valence-electron chi connectivity index (χ3n) is 3.50. The standard InChI is InChI=1S/C17H14FNO4S/c1-10-16(17(20)11-3-5-12(18)6-4-11)14-9-13(19-24(2,21)22)7-8-15(14)23-10/h3-9,19H,1-2H3. The number of carbonyl (C=O) groups is 1. The van der Waals surface area contributed by atoms with Gasteiger partial charge in [-0.15, -0.1) is 0 Å². The highest BCUT2D eigenvalue weighted by Crippen LogP contribution is 2.30. The topological polar surface area (TPSA) is 76.4 Å². The molecular weight excluding hydrogens is 333 g/mol. The molecule has 5 nitrogen and oxygen atoms in total. The summed E-state index contributed by atoms with van der Waals surface area (Å²) in [6.07, 6.45) is 1.04. The van der Waals surface area contributed by atoms with Gasteiger partial charge in [-0.1, -0.05) is 0 Å². The van der Waals surface area contributed by atoms with Crippen LogP contribution >= 0.6 is 0 Å². The summed E-state index contributed by atoms with van der Waals surface area (Å²) in [6.45, 7) is 1.65. The van der Waals surface area contributed by atoms with Crippen molar-refractivity contribution in [2.24, 2.45) is 0 Å². The number of carbonyl (C=O) groups excluding carboxylic acids is 1. The Morgan fingerprint density at radius 2 is 1.79 bits per heavy atom. The molecule has 0 saturated heterocycles. The number of aryl methyl sites for hydroxylation is 1. The van der Waals surface area contributed by atoms with Crippen LogP contribution in [-0.2, 0) is 10.0 Å². The average Bonchev–Trinajstić information content (AvgIpc) is 2.81. The molecular formula is C17H14FNO4S. The summed E-state index contributed by atoms with van der Waals surface area (Å²) in [5.41, 5.74) is 1.45. The molecule has 0 amide bonds. The lowest BCUT2D eigenvalue weighted by Gasteiger charge is -2.04. The lowest BCUT2D eigenvalue weighted by atomic mass is 10.0. The number of sulfonamides is 1. The van der Waals surface area contributed by atoms with Crippen LogP contribution in [0.4, 0.5) is 10.1 Å². The first-order chi connectivity index (χ1) is 11.2. The summed E-state index contributed by atoms with van der Waals surface area (Å²) in [5, 5.41) is 0.496. The minimum atomic E-state index is -3.44. The van der Waals surface area contributed by atoms with E-state index in [4.69, 9.17) is 4.42 Å². The normalized spacial score (nSPS) is 11.6. The summed E-state index contributed by atoms with van der Waals surface area (Å²) in [7, 11) is -3.44. The molecule has 1 aromatic heterocycles. The van der Waals surface area contributed by atoms with Crippen molar-refractivity contribution in [3.63, 3.8) is 0 Å². The van der Waals surface area contributed by atoms with E-state index in [2.05, 4.69) is 4.72 Å². The highest BCUT2D eigenvalue weighted by Gasteiger charge is 2.20. The Kier molecular flexibility index (Phi) is 3.88. The third kappa shape index (κ3) is 3.16. The molecule has 1 heterocycles. The molecule has 1 N–H and O–H groups in total. The van der Waals surface area contributed by atoms with Gasteiger partial charge in [0.25, 0.3) is 0 Å². The number of benzene rings is 2. The minimum Gasteiger partial charge on any atom is -0.461 e. The molecule has 2 aromatic carbocycles. The molecule has 0 aliphatic heterocycles. The van der Waals surface area contributed by atoms with Gasteiger partial charge in [-0.2, -0.15) is 0 Å². The molecule has 0 bridgehead atoms. The Hall–Kier alpha value is -2.67. The second-order valence-corrected chi connectivity index (χ2v) is 7.20. The zero-order chi connectivity index (χ0) is 17.5. The molecule has 0 unspecified atom stereocenters. The Bertz CT molecular complexity index is 1040. The van der Waals surface area contributed by atoms with Gasteiger partial charge in [-0.25, -0.2) is 12.8 Å². The molecule has 0 radical (unpaired) electrons. The van der Waals surface area contributed by atoms with E-state index in [1.165, 1.54) is 24.3 Å². The van der Waals surface area contributed by atoms with Gasteiger partial charge in [-0.3, -0.25) is 9.52 Å². The van der Waals surface area contributed by atoms with Crippen molar-refractivity contribution >= 4 is 32.5 Å². The monoisotopic (exact) mass is 347 g/mol. The SMILES string of the molecule is Cc1oc2ccc(NS(C)(=O)=O)cc2c1C(=O)c1ccc(F)cc1. The van der Waals surface area contributed by atoms with Crippen LogP contribution in [0.15, 0.2) is 46.9 Å². The predicted octanol–water partition coefficient (Wildman–Crippen LogP) is 3.48. The summed E-state index contributed by atoms with van der Waals surface area (Å²) in [4.78, 5) is 12.7. The zero-order valence-corrected chi connectivity index (χ0v) is 13.8. The average molecular weight is 347 g/mol. The summed E-state index contributed by atoms with van der Waals surface area (Å²) < 4.78 is 43.7. The lowest BCUT2D eigenvalue weighted by Crippen LogP contribution is -2.09. The van der Waals surface area contributed by atoms with Crippen LogP contribution in [0.1, 0.15) is 21.7 Å². The molecule has 0 atom stereocenters. The highest BCUT2D eigenvalue weighted by atomic mass is 32.2. The summed E-state index contributed by atoms with van der Waals surface area (Å²) in [6, 6.07) is 9.91. The maximum atomic E-state index is 13.0. The van der Waals surface area contributed by atoms with Crippen molar-refractivity contribution < 1.29 is 22.0 Å². The number of ketones is 1. The molecule has 124 valence electrons. The van der Waals surface area contributed by atoms with Gasteiger partial charge >= 0.3 is 0 Å². The van der Waals surface area contributed by atoms with Crippen molar-refractivity contribution in [2.75, 3.05) is 11.0 Å². The highest BCUT2D eigenvalue weighted by molar-refractivity contribution is 7.92. The first kappa shape index (κ1) is 16.2. The van der Waals surface area contributed by atoms with Crippen molar-refractivity contribution in [3.8, 4) is 0 Å². The van der Waals surface area contributed by atoms with Gasteiger partial charge in [0.1, 0.15) is 17.2 Å². The molecule has 0 saturated carbocycles. The van der Waals surface area contributed by atoms with Gasteiger partial charge in [0.2, 0.25) is 10.0 Å². The zero-order valence-electron chi connectivity index (χ0n) is 13.0. The van der Waals surface area contributed by atoms with E-state index >= 15 is 0 Å². The van der Waals surface area contributed by atoms with Gasteiger partial charge in [0.05, 0.1) is 11.8 Å². The Balaban J connectivity index is 2.12. The number of hydrogen-bond donors (Lipinski definition) is 1. The van der Waals surface area contributed by atoms with E-state index in [1.54, 1.807) is 25.1 Å². The number of anilines is 1. The van der Waals surface area contributed by atoms with Crippen LogP contribution < -0.4 is 4.72 Å². The Morgan fingerprint density at radius 1 is 1.12 bits per heavy atom. The number of halogens is 1. The van der Waals surface area contributed by atoms with E-state index in [-0.39, 0.29) is 5.78 Å². The number of nitrogens with one attached hydrogen (secondary N) is 1. The third-order valence-corrected chi connectivity index (χ3v) is 4.11. The van der Waals surface area contributed by atoms with Crippen LogP contribution in [-0.4, -0.2) is 20.5 Å². The molecule has 3 rings (SSSR count). The Labute approximate surface area is 138 Å². The smallest absolute Gasteiger partial charge is 0.229 e. The fourth-order valence-corrected chi connectivity index (χ4v) is 3.08. The van der Waals surface area contributed by atoms with E-state index in [0.29, 0.717) is 33.5 Å². The molecule has 0 aliphatic carbocycles. The molecule has 0 aliphatic rings. The molecule has 0 spiro atoms. The Morgan fingerprint density at radius 3 is 2.42 bits per heavy atom. The first-order valence-electron chi connectivity index (χ1n) is 7.06. The molecule has 7 heteroatoms. The van der Waals surface area contributed by atoms with Crippen LogP contribution in [0.5, 0.6) is 0 Å². The van der Waals surface area contributed by atoms with Crippen molar-refractivity contribution in [1.82, 2.24) is 0 Å². The van der Waals surface area contributed by atoms with E-state index in [9.17, 15) is 17.6 Å². The second kappa shape index (κ2) is 5.76. The van der Waals surface area contributed by atoms with Crippen molar-refractivity contribution in [2.45, 2.75) is 6.92 Å².